The Labute approximate surface area is 109 Å². The second-order valence-electron chi connectivity index (χ2n) is 5.28. The Kier molecular flexibility index (Phi) is 2.78. The van der Waals surface area contributed by atoms with Crippen LogP contribution in [0, 0.1) is 22.7 Å². The molecule has 0 unspecified atom stereocenters. The lowest BCUT2D eigenvalue weighted by molar-refractivity contribution is -0.116. The maximum absolute atomic E-state index is 11.7. The standard InChI is InChI=1S/C12H14N4OS/c13-7-12(3-4-12)6-10(17)15-11-14-9(16-18-11)5-8-1-2-8/h8H,1-6H2,(H,14,15,16,17). The highest BCUT2D eigenvalue weighted by molar-refractivity contribution is 7.09. The molecule has 3 rings (SSSR count). The molecule has 0 aromatic carbocycles. The average Bonchev–Trinajstić information content (AvgIpc) is 3.23. The van der Waals surface area contributed by atoms with Gasteiger partial charge in [-0.3, -0.25) is 4.79 Å². The quantitative estimate of drug-likeness (QED) is 0.881. The number of hydrogen-bond donors (Lipinski definition) is 1. The average molecular weight is 262 g/mol. The number of hydrogen-bond acceptors (Lipinski definition) is 5. The van der Waals surface area contributed by atoms with Crippen LogP contribution < -0.4 is 5.32 Å². The summed E-state index contributed by atoms with van der Waals surface area (Å²) in [7, 11) is 0. The third-order valence-corrected chi connectivity index (χ3v) is 4.14. The maximum atomic E-state index is 11.7. The summed E-state index contributed by atoms with van der Waals surface area (Å²) >= 11 is 1.23. The van der Waals surface area contributed by atoms with Gasteiger partial charge in [0, 0.05) is 24.4 Å². The van der Waals surface area contributed by atoms with E-state index in [0.717, 1.165) is 31.0 Å². The maximum Gasteiger partial charge on any atom is 0.227 e. The predicted octanol–water partition coefficient (Wildman–Crippen LogP) is 2.12. The topological polar surface area (TPSA) is 78.7 Å². The molecule has 0 bridgehead atoms. The first-order chi connectivity index (χ1) is 8.69. The van der Waals surface area contributed by atoms with Crippen LogP contribution >= 0.6 is 11.5 Å². The Morgan fingerprint density at radius 2 is 2.33 bits per heavy atom. The van der Waals surface area contributed by atoms with Crippen molar-refractivity contribution >= 4 is 22.6 Å². The number of carbonyl (C=O) groups is 1. The van der Waals surface area contributed by atoms with Crippen molar-refractivity contribution in [3.63, 3.8) is 0 Å². The minimum atomic E-state index is -0.397. The van der Waals surface area contributed by atoms with Gasteiger partial charge in [0.2, 0.25) is 11.0 Å². The van der Waals surface area contributed by atoms with E-state index in [9.17, 15) is 4.79 Å². The summed E-state index contributed by atoms with van der Waals surface area (Å²) in [5.41, 5.74) is -0.397. The van der Waals surface area contributed by atoms with E-state index in [2.05, 4.69) is 20.7 Å². The lowest BCUT2D eigenvalue weighted by atomic mass is 10.1. The molecule has 0 radical (unpaired) electrons. The molecule has 2 saturated carbocycles. The van der Waals surface area contributed by atoms with Crippen molar-refractivity contribution in [1.29, 1.82) is 5.26 Å². The Morgan fingerprint density at radius 1 is 1.56 bits per heavy atom. The number of nitriles is 1. The fraction of sp³-hybridized carbons (Fsp3) is 0.667. The summed E-state index contributed by atoms with van der Waals surface area (Å²) in [4.78, 5) is 16.0. The van der Waals surface area contributed by atoms with Gasteiger partial charge in [-0.1, -0.05) is 0 Å². The highest BCUT2D eigenvalue weighted by Gasteiger charge is 2.44. The van der Waals surface area contributed by atoms with Crippen LogP contribution in [-0.4, -0.2) is 15.3 Å². The van der Waals surface area contributed by atoms with Crippen LogP contribution in [0.2, 0.25) is 0 Å². The monoisotopic (exact) mass is 262 g/mol. The number of anilines is 1. The molecular weight excluding hydrogens is 248 g/mol. The molecule has 0 spiro atoms. The Morgan fingerprint density at radius 3 is 2.94 bits per heavy atom. The first kappa shape index (κ1) is 11.6. The van der Waals surface area contributed by atoms with Crippen LogP contribution in [0.25, 0.3) is 0 Å². The molecule has 18 heavy (non-hydrogen) atoms. The molecule has 1 heterocycles. The van der Waals surface area contributed by atoms with Gasteiger partial charge in [0.15, 0.2) is 0 Å². The lowest BCUT2D eigenvalue weighted by Gasteiger charge is -2.03. The van der Waals surface area contributed by atoms with Crippen LogP contribution in [0.4, 0.5) is 5.13 Å². The minimum Gasteiger partial charge on any atom is -0.301 e. The molecule has 0 aliphatic heterocycles. The number of aromatic nitrogens is 2. The first-order valence-electron chi connectivity index (χ1n) is 6.23. The summed E-state index contributed by atoms with van der Waals surface area (Å²) in [5, 5.41) is 12.2. The molecule has 1 aromatic rings. The van der Waals surface area contributed by atoms with Gasteiger partial charge in [-0.2, -0.15) is 9.64 Å². The van der Waals surface area contributed by atoms with Crippen molar-refractivity contribution in [2.75, 3.05) is 5.32 Å². The van der Waals surface area contributed by atoms with Gasteiger partial charge in [-0.15, -0.1) is 0 Å². The van der Waals surface area contributed by atoms with Gasteiger partial charge < -0.3 is 5.32 Å². The van der Waals surface area contributed by atoms with E-state index < -0.39 is 5.41 Å². The van der Waals surface area contributed by atoms with Crippen LogP contribution in [-0.2, 0) is 11.2 Å². The molecule has 2 aliphatic carbocycles. The highest BCUT2D eigenvalue weighted by atomic mass is 32.1. The Bertz CT molecular complexity index is 510. The van der Waals surface area contributed by atoms with Gasteiger partial charge >= 0.3 is 0 Å². The van der Waals surface area contributed by atoms with Crippen molar-refractivity contribution in [2.45, 2.75) is 38.5 Å². The molecule has 5 nitrogen and oxygen atoms in total. The Balaban J connectivity index is 1.53. The first-order valence-corrected chi connectivity index (χ1v) is 7.00. The van der Waals surface area contributed by atoms with Gasteiger partial charge in [-0.05, 0) is 31.6 Å². The van der Waals surface area contributed by atoms with Crippen molar-refractivity contribution in [3.05, 3.63) is 5.82 Å². The van der Waals surface area contributed by atoms with E-state index >= 15 is 0 Å². The molecule has 6 heteroatoms. The number of nitrogens with one attached hydrogen (secondary N) is 1. The van der Waals surface area contributed by atoms with Crippen LogP contribution in [0.15, 0.2) is 0 Å². The Hall–Kier alpha value is -1.48. The zero-order valence-corrected chi connectivity index (χ0v) is 10.8. The second kappa shape index (κ2) is 4.32. The van der Waals surface area contributed by atoms with Gasteiger partial charge in [0.25, 0.3) is 0 Å². The van der Waals surface area contributed by atoms with E-state index in [1.54, 1.807) is 0 Å². The third kappa shape index (κ3) is 2.67. The molecular formula is C12H14N4OS. The lowest BCUT2D eigenvalue weighted by Crippen LogP contribution is -2.16. The van der Waals surface area contributed by atoms with Crippen molar-refractivity contribution in [1.82, 2.24) is 9.36 Å². The number of rotatable bonds is 5. The molecule has 1 N–H and O–H groups in total. The van der Waals surface area contributed by atoms with E-state index in [-0.39, 0.29) is 12.3 Å². The zero-order chi connectivity index (χ0) is 12.6. The number of nitrogens with zero attached hydrogens (tertiary/aromatic N) is 3. The summed E-state index contributed by atoms with van der Waals surface area (Å²) in [6, 6.07) is 2.22. The van der Waals surface area contributed by atoms with Crippen LogP contribution in [0.1, 0.15) is 37.9 Å². The summed E-state index contributed by atoms with van der Waals surface area (Å²) in [5.74, 6) is 1.46. The largest absolute Gasteiger partial charge is 0.301 e. The summed E-state index contributed by atoms with van der Waals surface area (Å²) in [6.45, 7) is 0. The second-order valence-corrected chi connectivity index (χ2v) is 6.03. The van der Waals surface area contributed by atoms with Gasteiger partial charge in [0.1, 0.15) is 5.82 Å². The summed E-state index contributed by atoms with van der Waals surface area (Å²) in [6.07, 6.45) is 5.41. The van der Waals surface area contributed by atoms with E-state index in [4.69, 9.17) is 5.26 Å². The summed E-state index contributed by atoms with van der Waals surface area (Å²) < 4.78 is 4.23. The van der Waals surface area contributed by atoms with Crippen LogP contribution in [0.3, 0.4) is 0 Å². The zero-order valence-electron chi connectivity index (χ0n) is 9.98. The number of amides is 1. The molecule has 2 fully saturated rings. The minimum absolute atomic E-state index is 0.122. The molecule has 94 valence electrons. The highest BCUT2D eigenvalue weighted by Crippen LogP contribution is 2.48. The third-order valence-electron chi connectivity index (χ3n) is 3.47. The van der Waals surface area contributed by atoms with E-state index in [1.807, 2.05) is 0 Å². The predicted molar refractivity (Wildman–Crippen MR) is 66.9 cm³/mol. The fourth-order valence-electron chi connectivity index (χ4n) is 1.92. The van der Waals surface area contributed by atoms with Crippen molar-refractivity contribution in [2.24, 2.45) is 11.3 Å². The molecule has 0 saturated heterocycles. The smallest absolute Gasteiger partial charge is 0.227 e. The van der Waals surface area contributed by atoms with Crippen molar-refractivity contribution < 1.29 is 4.79 Å². The van der Waals surface area contributed by atoms with Crippen LogP contribution in [0.5, 0.6) is 0 Å². The molecule has 1 aromatic heterocycles. The fourth-order valence-corrected chi connectivity index (χ4v) is 2.53. The van der Waals surface area contributed by atoms with Crippen molar-refractivity contribution in [3.8, 4) is 6.07 Å². The van der Waals surface area contributed by atoms with E-state index in [0.29, 0.717) is 5.13 Å². The SMILES string of the molecule is N#CC1(CC(=O)Nc2nc(CC3CC3)ns2)CC1. The normalized spacial score (nSPS) is 20.2. The van der Waals surface area contributed by atoms with Gasteiger partial charge in [-0.25, -0.2) is 4.98 Å². The molecule has 2 aliphatic rings. The molecule has 1 amide bonds. The van der Waals surface area contributed by atoms with Gasteiger partial charge in [0.05, 0.1) is 11.5 Å². The van der Waals surface area contributed by atoms with E-state index in [1.165, 1.54) is 24.4 Å². The molecule has 0 atom stereocenters. The number of carbonyl (C=O) groups excluding carboxylic acids is 1.